The van der Waals surface area contributed by atoms with Gasteiger partial charge >= 0.3 is 5.97 Å². The van der Waals surface area contributed by atoms with E-state index in [0.29, 0.717) is 18.1 Å². The molecular weight excluding hydrogens is 310 g/mol. The van der Waals surface area contributed by atoms with Crippen LogP contribution < -0.4 is 4.74 Å². The zero-order chi connectivity index (χ0) is 14.4. The highest BCUT2D eigenvalue weighted by Crippen LogP contribution is 2.36. The van der Waals surface area contributed by atoms with Crippen LogP contribution in [0.5, 0.6) is 5.75 Å². The molecule has 0 radical (unpaired) electrons. The first-order valence-electron chi connectivity index (χ1n) is 5.87. The summed E-state index contributed by atoms with van der Waals surface area (Å²) in [6.07, 6.45) is 0.971. The minimum absolute atomic E-state index is 0.141. The Labute approximate surface area is 127 Å². The monoisotopic (exact) mass is 324 g/mol. The molecule has 0 saturated carbocycles. The average Bonchev–Trinajstić information content (AvgIpc) is 2.29. The summed E-state index contributed by atoms with van der Waals surface area (Å²) in [5, 5.41) is 0.814. The number of esters is 1. The van der Waals surface area contributed by atoms with Crippen LogP contribution in [0.15, 0.2) is 12.1 Å². The maximum Gasteiger partial charge on any atom is 0.311 e. The molecule has 0 heterocycles. The molecule has 0 aliphatic rings. The summed E-state index contributed by atoms with van der Waals surface area (Å²) >= 11 is 17.6. The fraction of sp³-hybridized carbons (Fsp3) is 0.462. The molecule has 3 nitrogen and oxygen atoms in total. The van der Waals surface area contributed by atoms with Crippen LogP contribution in [-0.4, -0.2) is 18.7 Å². The van der Waals surface area contributed by atoms with Crippen LogP contribution in [0.25, 0.3) is 0 Å². The summed E-state index contributed by atoms with van der Waals surface area (Å²) in [6, 6.07) is 2.94. The van der Waals surface area contributed by atoms with Crippen LogP contribution >= 0.6 is 34.8 Å². The zero-order valence-corrected chi connectivity index (χ0v) is 13.0. The standard InChI is InChI=1S/C13H15Cl3O3/c1-8(2)18-5-3-4-12(17)19-13-10(15)6-9(14)7-11(13)16/h6-8H,3-5H2,1-2H3. The maximum absolute atomic E-state index is 11.6. The first kappa shape index (κ1) is 16.6. The summed E-state index contributed by atoms with van der Waals surface area (Å²) in [4.78, 5) is 11.6. The van der Waals surface area contributed by atoms with Crippen molar-refractivity contribution in [1.29, 1.82) is 0 Å². The molecule has 6 heteroatoms. The summed E-state index contributed by atoms with van der Waals surface area (Å²) in [6.45, 7) is 4.38. The van der Waals surface area contributed by atoms with Gasteiger partial charge in [-0.05, 0) is 32.4 Å². The van der Waals surface area contributed by atoms with Gasteiger partial charge in [0.15, 0.2) is 5.75 Å². The minimum atomic E-state index is -0.404. The zero-order valence-electron chi connectivity index (χ0n) is 10.7. The van der Waals surface area contributed by atoms with Crippen LogP contribution in [0.4, 0.5) is 0 Å². The molecule has 19 heavy (non-hydrogen) atoms. The Morgan fingerprint density at radius 2 is 1.79 bits per heavy atom. The van der Waals surface area contributed by atoms with E-state index in [1.165, 1.54) is 12.1 Å². The van der Waals surface area contributed by atoms with Crippen LogP contribution in [0, 0.1) is 0 Å². The van der Waals surface area contributed by atoms with Crippen LogP contribution in [-0.2, 0) is 9.53 Å². The van der Waals surface area contributed by atoms with Gasteiger partial charge in [0.05, 0.1) is 16.1 Å². The SMILES string of the molecule is CC(C)OCCCC(=O)Oc1c(Cl)cc(Cl)cc1Cl. The van der Waals surface area contributed by atoms with Gasteiger partial charge in [0.2, 0.25) is 0 Å². The topological polar surface area (TPSA) is 35.5 Å². The number of hydrogen-bond donors (Lipinski definition) is 0. The third kappa shape index (κ3) is 6.00. The minimum Gasteiger partial charge on any atom is -0.423 e. The number of carbonyl (C=O) groups excluding carboxylic acids is 1. The summed E-state index contributed by atoms with van der Waals surface area (Å²) in [5.41, 5.74) is 0. The van der Waals surface area contributed by atoms with Gasteiger partial charge in [0, 0.05) is 18.1 Å². The predicted octanol–water partition coefficient (Wildman–Crippen LogP) is 4.76. The van der Waals surface area contributed by atoms with Crippen molar-refractivity contribution < 1.29 is 14.3 Å². The number of carbonyl (C=O) groups is 1. The van der Waals surface area contributed by atoms with Gasteiger partial charge < -0.3 is 9.47 Å². The van der Waals surface area contributed by atoms with E-state index in [-0.39, 0.29) is 28.3 Å². The molecule has 1 aromatic rings. The Morgan fingerprint density at radius 1 is 1.21 bits per heavy atom. The van der Waals surface area contributed by atoms with E-state index in [1.54, 1.807) is 0 Å². The second kappa shape index (κ2) is 7.95. The number of halogens is 3. The van der Waals surface area contributed by atoms with Crippen LogP contribution in [0.2, 0.25) is 15.1 Å². The highest BCUT2D eigenvalue weighted by atomic mass is 35.5. The van der Waals surface area contributed by atoms with Gasteiger partial charge in [0.25, 0.3) is 0 Å². The lowest BCUT2D eigenvalue weighted by Crippen LogP contribution is -2.11. The van der Waals surface area contributed by atoms with Crippen molar-refractivity contribution in [3.63, 3.8) is 0 Å². The van der Waals surface area contributed by atoms with Crippen molar-refractivity contribution in [2.45, 2.75) is 32.8 Å². The normalized spacial score (nSPS) is 10.8. The molecule has 1 rings (SSSR count). The van der Waals surface area contributed by atoms with Crippen LogP contribution in [0.3, 0.4) is 0 Å². The van der Waals surface area contributed by atoms with Crippen molar-refractivity contribution in [2.75, 3.05) is 6.61 Å². The Bertz CT molecular complexity index is 424. The number of ether oxygens (including phenoxy) is 2. The van der Waals surface area contributed by atoms with Crippen molar-refractivity contribution >= 4 is 40.8 Å². The molecule has 0 saturated heterocycles. The Hall–Kier alpha value is -0.480. The second-order valence-electron chi connectivity index (χ2n) is 4.20. The second-order valence-corrected chi connectivity index (χ2v) is 5.45. The molecule has 0 aliphatic carbocycles. The molecule has 0 unspecified atom stereocenters. The first-order chi connectivity index (χ1) is 8.90. The number of benzene rings is 1. The van der Waals surface area contributed by atoms with E-state index in [9.17, 15) is 4.79 Å². The average molecular weight is 326 g/mol. The highest BCUT2D eigenvalue weighted by molar-refractivity contribution is 6.40. The van der Waals surface area contributed by atoms with E-state index in [4.69, 9.17) is 44.3 Å². The molecule has 0 amide bonds. The quantitative estimate of drug-likeness (QED) is 0.430. The maximum atomic E-state index is 11.6. The largest absolute Gasteiger partial charge is 0.423 e. The van der Waals surface area contributed by atoms with Crippen molar-refractivity contribution in [2.24, 2.45) is 0 Å². The Kier molecular flexibility index (Phi) is 6.94. The van der Waals surface area contributed by atoms with Gasteiger partial charge in [-0.15, -0.1) is 0 Å². The van der Waals surface area contributed by atoms with Gasteiger partial charge in [-0.25, -0.2) is 0 Å². The lowest BCUT2D eigenvalue weighted by molar-refractivity contribution is -0.134. The fourth-order valence-electron chi connectivity index (χ4n) is 1.33. The molecule has 0 aliphatic heterocycles. The van der Waals surface area contributed by atoms with Gasteiger partial charge in [-0.1, -0.05) is 34.8 Å². The molecule has 0 N–H and O–H groups in total. The first-order valence-corrected chi connectivity index (χ1v) is 7.00. The number of hydrogen-bond acceptors (Lipinski definition) is 3. The summed E-state index contributed by atoms with van der Waals surface area (Å²) in [5.74, 6) is -0.263. The molecule has 0 spiro atoms. The third-order valence-electron chi connectivity index (χ3n) is 2.16. The summed E-state index contributed by atoms with van der Waals surface area (Å²) < 4.78 is 10.4. The van der Waals surface area contributed by atoms with Crippen molar-refractivity contribution in [3.8, 4) is 5.75 Å². The van der Waals surface area contributed by atoms with E-state index < -0.39 is 5.97 Å². The van der Waals surface area contributed by atoms with Crippen LogP contribution in [0.1, 0.15) is 26.7 Å². The lowest BCUT2D eigenvalue weighted by atomic mass is 10.3. The Morgan fingerprint density at radius 3 is 2.32 bits per heavy atom. The molecular formula is C13H15Cl3O3. The van der Waals surface area contributed by atoms with Gasteiger partial charge in [0.1, 0.15) is 0 Å². The summed E-state index contributed by atoms with van der Waals surface area (Å²) in [7, 11) is 0. The molecule has 1 aromatic carbocycles. The van der Waals surface area contributed by atoms with Crippen molar-refractivity contribution in [3.05, 3.63) is 27.2 Å². The van der Waals surface area contributed by atoms with E-state index >= 15 is 0 Å². The molecule has 106 valence electrons. The predicted molar refractivity (Wildman–Crippen MR) is 77.4 cm³/mol. The molecule has 0 atom stereocenters. The molecule has 0 aromatic heterocycles. The lowest BCUT2D eigenvalue weighted by Gasteiger charge is -2.09. The van der Waals surface area contributed by atoms with E-state index in [2.05, 4.69) is 0 Å². The van der Waals surface area contributed by atoms with Gasteiger partial charge in [-0.3, -0.25) is 4.79 Å². The molecule has 0 bridgehead atoms. The van der Waals surface area contributed by atoms with Crippen molar-refractivity contribution in [1.82, 2.24) is 0 Å². The molecule has 0 fully saturated rings. The smallest absolute Gasteiger partial charge is 0.311 e. The highest BCUT2D eigenvalue weighted by Gasteiger charge is 2.13. The number of rotatable bonds is 6. The van der Waals surface area contributed by atoms with Gasteiger partial charge in [-0.2, -0.15) is 0 Å². The fourth-order valence-corrected chi connectivity index (χ4v) is 2.22. The van der Waals surface area contributed by atoms with E-state index in [0.717, 1.165) is 0 Å². The Balaban J connectivity index is 2.49. The van der Waals surface area contributed by atoms with E-state index in [1.807, 2.05) is 13.8 Å². The third-order valence-corrected chi connectivity index (χ3v) is 2.94.